The Morgan fingerprint density at radius 1 is 0.967 bits per heavy atom. The molecule has 0 radical (unpaired) electrons. The molecule has 0 bridgehead atoms. The summed E-state index contributed by atoms with van der Waals surface area (Å²) in [4.78, 5) is 12.8. The third kappa shape index (κ3) is 4.48. The molecular weight excluding hydrogens is 416 g/mol. The second-order valence-corrected chi connectivity index (χ2v) is 10.1. The molecule has 1 saturated heterocycles. The number of hydrogen-bond acceptors (Lipinski definition) is 4. The van der Waals surface area contributed by atoms with Crippen LogP contribution in [0.2, 0.25) is 0 Å². The van der Waals surface area contributed by atoms with Crippen LogP contribution in [-0.2, 0) is 16.6 Å². The minimum absolute atomic E-state index is 0.225. The summed E-state index contributed by atoms with van der Waals surface area (Å²) in [6.45, 7) is 1.53. The zero-order valence-electron chi connectivity index (χ0n) is 16.6. The topological polar surface area (TPSA) is 66.5 Å². The Labute approximate surface area is 181 Å². The summed E-state index contributed by atoms with van der Waals surface area (Å²) in [5.74, 6) is -0.225. The lowest BCUT2D eigenvalue weighted by Gasteiger charge is -2.25. The standard InChI is InChI=1S/C23H24N2O3S2/c26-23(24-16-19-6-2-3-7-22(19)20-12-15-29-17-20)18-8-10-21(11-9-18)30(27,28)25-13-4-1-5-14-25/h2-3,6-12,15,17H,1,4-5,13-14,16H2,(H,24,26). The van der Waals surface area contributed by atoms with E-state index < -0.39 is 10.0 Å². The summed E-state index contributed by atoms with van der Waals surface area (Å²) < 4.78 is 27.0. The second-order valence-electron chi connectivity index (χ2n) is 7.34. The Hall–Kier alpha value is -2.48. The SMILES string of the molecule is O=C(NCc1ccccc1-c1ccsc1)c1ccc(S(=O)(=O)N2CCCCC2)cc1. The highest BCUT2D eigenvalue weighted by Gasteiger charge is 2.25. The van der Waals surface area contributed by atoms with Crippen LogP contribution in [-0.4, -0.2) is 31.7 Å². The highest BCUT2D eigenvalue weighted by atomic mass is 32.2. The van der Waals surface area contributed by atoms with Gasteiger partial charge in [0.25, 0.3) is 5.91 Å². The summed E-state index contributed by atoms with van der Waals surface area (Å²) in [6, 6.07) is 16.3. The fourth-order valence-corrected chi connectivity index (χ4v) is 5.86. The molecule has 1 N–H and O–H groups in total. The first-order valence-electron chi connectivity index (χ1n) is 10.0. The van der Waals surface area contributed by atoms with Gasteiger partial charge >= 0.3 is 0 Å². The lowest BCUT2D eigenvalue weighted by atomic mass is 10.0. The Morgan fingerprint density at radius 2 is 1.70 bits per heavy atom. The van der Waals surface area contributed by atoms with Gasteiger partial charge in [-0.1, -0.05) is 30.7 Å². The van der Waals surface area contributed by atoms with Gasteiger partial charge in [-0.15, -0.1) is 0 Å². The maximum atomic E-state index is 12.8. The number of piperidine rings is 1. The predicted octanol–water partition coefficient (Wildman–Crippen LogP) is 4.52. The third-order valence-electron chi connectivity index (χ3n) is 5.36. The molecule has 0 spiro atoms. The smallest absolute Gasteiger partial charge is 0.251 e. The average molecular weight is 441 g/mol. The minimum Gasteiger partial charge on any atom is -0.348 e. The molecule has 1 fully saturated rings. The van der Waals surface area contributed by atoms with E-state index in [0.29, 0.717) is 25.2 Å². The largest absolute Gasteiger partial charge is 0.348 e. The molecule has 0 atom stereocenters. The molecule has 3 aromatic rings. The van der Waals surface area contributed by atoms with Crippen molar-refractivity contribution >= 4 is 27.3 Å². The van der Waals surface area contributed by atoms with Crippen LogP contribution >= 0.6 is 11.3 Å². The van der Waals surface area contributed by atoms with Crippen LogP contribution in [0, 0.1) is 0 Å². The van der Waals surface area contributed by atoms with Crippen molar-refractivity contribution in [1.82, 2.24) is 9.62 Å². The Balaban J connectivity index is 1.44. The Morgan fingerprint density at radius 3 is 2.40 bits per heavy atom. The Kier molecular flexibility index (Phi) is 6.32. The van der Waals surface area contributed by atoms with Gasteiger partial charge in [-0.25, -0.2) is 8.42 Å². The van der Waals surface area contributed by atoms with Crippen molar-refractivity contribution in [2.45, 2.75) is 30.7 Å². The summed E-state index contributed by atoms with van der Waals surface area (Å²) in [5, 5.41) is 7.06. The van der Waals surface area contributed by atoms with Crippen LogP contribution in [0.3, 0.4) is 0 Å². The summed E-state index contributed by atoms with van der Waals surface area (Å²) >= 11 is 1.64. The first-order chi connectivity index (χ1) is 14.6. The van der Waals surface area contributed by atoms with E-state index >= 15 is 0 Å². The molecule has 1 aromatic heterocycles. The number of thiophene rings is 1. The zero-order chi connectivity index (χ0) is 21.0. The van der Waals surface area contributed by atoms with Crippen LogP contribution in [0.4, 0.5) is 0 Å². The van der Waals surface area contributed by atoms with E-state index in [4.69, 9.17) is 0 Å². The molecule has 156 valence electrons. The van der Waals surface area contributed by atoms with Gasteiger partial charge in [-0.05, 0) is 70.6 Å². The van der Waals surface area contributed by atoms with Gasteiger partial charge in [-0.3, -0.25) is 4.79 Å². The molecule has 0 unspecified atom stereocenters. The fraction of sp³-hybridized carbons (Fsp3) is 0.261. The zero-order valence-corrected chi connectivity index (χ0v) is 18.2. The molecule has 2 aromatic carbocycles. The van der Waals surface area contributed by atoms with E-state index in [0.717, 1.165) is 36.0 Å². The van der Waals surface area contributed by atoms with Gasteiger partial charge in [0.2, 0.25) is 10.0 Å². The van der Waals surface area contributed by atoms with Crippen LogP contribution in [0.25, 0.3) is 11.1 Å². The molecule has 1 amide bonds. The lowest BCUT2D eigenvalue weighted by Crippen LogP contribution is -2.35. The second kappa shape index (κ2) is 9.12. The molecular formula is C23H24N2O3S2. The van der Waals surface area contributed by atoms with E-state index in [1.54, 1.807) is 23.5 Å². The van der Waals surface area contributed by atoms with Crippen LogP contribution in [0.1, 0.15) is 35.2 Å². The van der Waals surface area contributed by atoms with E-state index in [9.17, 15) is 13.2 Å². The van der Waals surface area contributed by atoms with Gasteiger partial charge < -0.3 is 5.32 Å². The summed E-state index contributed by atoms with van der Waals surface area (Å²) in [6.07, 6.45) is 2.86. The lowest BCUT2D eigenvalue weighted by molar-refractivity contribution is 0.0951. The molecule has 7 heteroatoms. The van der Waals surface area contributed by atoms with Crippen LogP contribution in [0.5, 0.6) is 0 Å². The molecule has 30 heavy (non-hydrogen) atoms. The molecule has 1 aliphatic rings. The number of benzene rings is 2. The van der Waals surface area contributed by atoms with Crippen molar-refractivity contribution < 1.29 is 13.2 Å². The highest BCUT2D eigenvalue weighted by molar-refractivity contribution is 7.89. The maximum absolute atomic E-state index is 12.8. The summed E-state index contributed by atoms with van der Waals surface area (Å²) in [7, 11) is -3.49. The van der Waals surface area contributed by atoms with Crippen molar-refractivity contribution in [2.24, 2.45) is 0 Å². The van der Waals surface area contributed by atoms with Gasteiger partial charge in [0, 0.05) is 25.2 Å². The number of nitrogens with zero attached hydrogens (tertiary/aromatic N) is 1. The monoisotopic (exact) mass is 440 g/mol. The van der Waals surface area contributed by atoms with Crippen molar-refractivity contribution in [3.63, 3.8) is 0 Å². The van der Waals surface area contributed by atoms with E-state index in [1.165, 1.54) is 16.4 Å². The quantitative estimate of drug-likeness (QED) is 0.613. The number of sulfonamides is 1. The number of hydrogen-bond donors (Lipinski definition) is 1. The molecule has 5 nitrogen and oxygen atoms in total. The Bertz CT molecular complexity index is 1100. The normalized spacial score (nSPS) is 15.1. The number of amides is 1. The number of carbonyl (C=O) groups is 1. The minimum atomic E-state index is -3.49. The van der Waals surface area contributed by atoms with Crippen molar-refractivity contribution in [3.8, 4) is 11.1 Å². The van der Waals surface area contributed by atoms with Gasteiger partial charge in [-0.2, -0.15) is 15.6 Å². The van der Waals surface area contributed by atoms with Gasteiger partial charge in [0.15, 0.2) is 0 Å². The van der Waals surface area contributed by atoms with Crippen LogP contribution in [0.15, 0.2) is 70.3 Å². The van der Waals surface area contributed by atoms with Gasteiger partial charge in [0.05, 0.1) is 4.90 Å². The van der Waals surface area contributed by atoms with E-state index in [-0.39, 0.29) is 10.8 Å². The highest BCUT2D eigenvalue weighted by Crippen LogP contribution is 2.26. The van der Waals surface area contributed by atoms with Crippen molar-refractivity contribution in [2.75, 3.05) is 13.1 Å². The molecule has 2 heterocycles. The molecule has 0 saturated carbocycles. The molecule has 4 rings (SSSR count). The van der Waals surface area contributed by atoms with E-state index in [1.807, 2.05) is 29.6 Å². The predicted molar refractivity (Wildman–Crippen MR) is 120 cm³/mol. The molecule has 1 aliphatic heterocycles. The number of rotatable bonds is 6. The molecule has 0 aliphatic carbocycles. The van der Waals surface area contributed by atoms with Crippen LogP contribution < -0.4 is 5.32 Å². The van der Waals surface area contributed by atoms with Crippen molar-refractivity contribution in [3.05, 3.63) is 76.5 Å². The number of nitrogens with one attached hydrogen (secondary N) is 1. The maximum Gasteiger partial charge on any atom is 0.251 e. The fourth-order valence-electron chi connectivity index (χ4n) is 3.68. The summed E-state index contributed by atoms with van der Waals surface area (Å²) in [5.41, 5.74) is 3.72. The van der Waals surface area contributed by atoms with E-state index in [2.05, 4.69) is 16.8 Å². The van der Waals surface area contributed by atoms with Gasteiger partial charge in [0.1, 0.15) is 0 Å². The number of carbonyl (C=O) groups excluding carboxylic acids is 1. The first kappa shape index (κ1) is 20.8. The first-order valence-corrected chi connectivity index (χ1v) is 12.4. The average Bonchev–Trinajstić information content (AvgIpc) is 3.33. The third-order valence-corrected chi connectivity index (χ3v) is 7.95. The van der Waals surface area contributed by atoms with Crippen molar-refractivity contribution in [1.29, 1.82) is 0 Å².